The van der Waals surface area contributed by atoms with Gasteiger partial charge in [0, 0.05) is 17.9 Å². The Morgan fingerprint density at radius 2 is 2.10 bits per heavy atom. The van der Waals surface area contributed by atoms with Crippen LogP contribution in [0.3, 0.4) is 0 Å². The summed E-state index contributed by atoms with van der Waals surface area (Å²) < 4.78 is 23.0. The summed E-state index contributed by atoms with van der Waals surface area (Å²) in [6.07, 6.45) is 1.06. The molecule has 0 atom stereocenters. The number of carbonyl (C=O) groups excluding carboxylic acids is 1. The van der Waals surface area contributed by atoms with Crippen molar-refractivity contribution in [3.8, 4) is 6.07 Å². The minimum absolute atomic E-state index is 0.0342. The third-order valence-corrected chi connectivity index (χ3v) is 4.59. The van der Waals surface area contributed by atoms with Crippen LogP contribution in [-0.4, -0.2) is 25.8 Å². The van der Waals surface area contributed by atoms with Crippen molar-refractivity contribution in [1.82, 2.24) is 0 Å². The van der Waals surface area contributed by atoms with Crippen LogP contribution >= 0.6 is 0 Å². The Balaban J connectivity index is 2.43. The number of hydrogen-bond acceptors (Lipinski definition) is 4. The smallest absolute Gasteiger partial charge is 0.224 e. The average Bonchev–Trinajstić information content (AvgIpc) is 2.38. The number of nitrogens with one attached hydrogen (secondary N) is 1. The lowest BCUT2D eigenvalue weighted by Gasteiger charge is -2.06. The molecule has 0 fully saturated rings. The molecule has 0 radical (unpaired) electrons. The Hall–Kier alpha value is -1.87. The zero-order valence-corrected chi connectivity index (χ0v) is 12.2. The summed E-state index contributed by atoms with van der Waals surface area (Å²) in [4.78, 5) is 11.7. The highest BCUT2D eigenvalue weighted by molar-refractivity contribution is 7.91. The van der Waals surface area contributed by atoms with Crippen LogP contribution in [-0.2, 0) is 14.6 Å². The molecule has 0 aliphatic heterocycles. The van der Waals surface area contributed by atoms with Crippen LogP contribution in [0.25, 0.3) is 0 Å². The molecule has 1 aromatic rings. The third kappa shape index (κ3) is 5.85. The highest BCUT2D eigenvalue weighted by Crippen LogP contribution is 2.10. The van der Waals surface area contributed by atoms with E-state index in [0.717, 1.165) is 0 Å². The van der Waals surface area contributed by atoms with Crippen molar-refractivity contribution in [3.05, 3.63) is 29.8 Å². The van der Waals surface area contributed by atoms with Crippen molar-refractivity contribution < 1.29 is 13.2 Å². The van der Waals surface area contributed by atoms with Gasteiger partial charge in [-0.1, -0.05) is 13.0 Å². The molecule has 0 aromatic heterocycles. The molecule has 0 spiro atoms. The Labute approximate surface area is 119 Å². The fourth-order valence-corrected chi connectivity index (χ4v) is 3.17. The maximum atomic E-state index is 11.7. The van der Waals surface area contributed by atoms with Crippen LogP contribution in [0.2, 0.25) is 0 Å². The quantitative estimate of drug-likeness (QED) is 0.834. The van der Waals surface area contributed by atoms with Gasteiger partial charge in [-0.25, -0.2) is 8.42 Å². The van der Waals surface area contributed by atoms with Crippen molar-refractivity contribution in [1.29, 1.82) is 5.26 Å². The number of carbonyl (C=O) groups is 1. The number of nitrogens with zero attached hydrogens (tertiary/aromatic N) is 1. The van der Waals surface area contributed by atoms with E-state index in [1.807, 2.05) is 13.0 Å². The summed E-state index contributed by atoms with van der Waals surface area (Å²) in [7, 11) is -3.03. The largest absolute Gasteiger partial charge is 0.326 e. The summed E-state index contributed by atoms with van der Waals surface area (Å²) in [5.74, 6) is -0.0440. The summed E-state index contributed by atoms with van der Waals surface area (Å²) >= 11 is 0. The van der Waals surface area contributed by atoms with E-state index >= 15 is 0 Å². The van der Waals surface area contributed by atoms with Crippen molar-refractivity contribution in [2.24, 2.45) is 0 Å². The van der Waals surface area contributed by atoms with Gasteiger partial charge in [0.2, 0.25) is 5.91 Å². The van der Waals surface area contributed by atoms with Crippen molar-refractivity contribution in [3.63, 3.8) is 0 Å². The molecule has 1 N–H and O–H groups in total. The molecule has 0 saturated heterocycles. The second-order valence-electron chi connectivity index (χ2n) is 4.50. The molecule has 5 nitrogen and oxygen atoms in total. The molecule has 0 unspecified atom stereocenters. The van der Waals surface area contributed by atoms with Gasteiger partial charge in [0.05, 0.1) is 17.4 Å². The highest BCUT2D eigenvalue weighted by Gasteiger charge is 2.10. The van der Waals surface area contributed by atoms with Gasteiger partial charge >= 0.3 is 0 Å². The number of benzene rings is 1. The van der Waals surface area contributed by atoms with E-state index in [1.165, 1.54) is 0 Å². The second kappa shape index (κ2) is 7.65. The molecule has 1 aromatic carbocycles. The van der Waals surface area contributed by atoms with E-state index < -0.39 is 9.84 Å². The lowest BCUT2D eigenvalue weighted by molar-refractivity contribution is -0.116. The molecule has 0 saturated carbocycles. The average molecular weight is 294 g/mol. The van der Waals surface area contributed by atoms with Crippen LogP contribution in [0.1, 0.15) is 31.7 Å². The van der Waals surface area contributed by atoms with Crippen LogP contribution in [0.5, 0.6) is 0 Å². The molecule has 0 heterocycles. The fraction of sp³-hybridized carbons (Fsp3) is 0.429. The Morgan fingerprint density at radius 3 is 2.75 bits per heavy atom. The predicted molar refractivity (Wildman–Crippen MR) is 78.0 cm³/mol. The predicted octanol–water partition coefficient (Wildman–Crippen LogP) is 2.10. The van der Waals surface area contributed by atoms with Crippen LogP contribution in [0, 0.1) is 11.3 Å². The number of rotatable bonds is 7. The molecule has 6 heteroatoms. The maximum absolute atomic E-state index is 11.7. The van der Waals surface area contributed by atoms with Gasteiger partial charge in [0.15, 0.2) is 0 Å². The van der Waals surface area contributed by atoms with E-state index in [4.69, 9.17) is 5.26 Å². The molecular weight excluding hydrogens is 276 g/mol. The minimum Gasteiger partial charge on any atom is -0.326 e. The lowest BCUT2D eigenvalue weighted by Crippen LogP contribution is -2.15. The van der Waals surface area contributed by atoms with E-state index in [0.29, 0.717) is 24.1 Å². The molecule has 0 aliphatic carbocycles. The first-order valence-electron chi connectivity index (χ1n) is 6.47. The molecule has 1 rings (SSSR count). The standard InChI is InChI=1S/C14H18N2O3S/c1-2-8-20(18,19)9-4-7-14(17)16-13-6-3-5-12(10-13)11-15/h3,5-6,10H,2,4,7-9H2,1H3,(H,16,17). The van der Waals surface area contributed by atoms with E-state index in [2.05, 4.69) is 5.32 Å². The first-order valence-corrected chi connectivity index (χ1v) is 8.29. The zero-order chi connectivity index (χ0) is 15.0. The number of anilines is 1. The third-order valence-electron chi connectivity index (χ3n) is 2.65. The summed E-state index contributed by atoms with van der Waals surface area (Å²) in [6, 6.07) is 8.58. The van der Waals surface area contributed by atoms with Crippen LogP contribution < -0.4 is 5.32 Å². The van der Waals surface area contributed by atoms with Gasteiger partial charge in [-0.15, -0.1) is 0 Å². The highest BCUT2D eigenvalue weighted by atomic mass is 32.2. The Morgan fingerprint density at radius 1 is 1.35 bits per heavy atom. The molecule has 0 bridgehead atoms. The van der Waals surface area contributed by atoms with Gasteiger partial charge in [-0.3, -0.25) is 4.79 Å². The molecular formula is C14H18N2O3S. The Bertz CT molecular complexity index is 603. The van der Waals surface area contributed by atoms with Gasteiger partial charge in [0.1, 0.15) is 9.84 Å². The topological polar surface area (TPSA) is 87.0 Å². The van der Waals surface area contributed by atoms with E-state index in [9.17, 15) is 13.2 Å². The van der Waals surface area contributed by atoms with Gasteiger partial charge in [-0.2, -0.15) is 5.26 Å². The van der Waals surface area contributed by atoms with E-state index in [1.54, 1.807) is 24.3 Å². The van der Waals surface area contributed by atoms with Crippen molar-refractivity contribution in [2.75, 3.05) is 16.8 Å². The zero-order valence-electron chi connectivity index (χ0n) is 11.4. The fourth-order valence-electron chi connectivity index (χ4n) is 1.76. The van der Waals surface area contributed by atoms with Crippen molar-refractivity contribution >= 4 is 21.4 Å². The van der Waals surface area contributed by atoms with Gasteiger partial charge in [-0.05, 0) is 31.0 Å². The molecule has 1 amide bonds. The molecule has 20 heavy (non-hydrogen) atoms. The Kier molecular flexibility index (Phi) is 6.19. The first-order chi connectivity index (χ1) is 9.46. The van der Waals surface area contributed by atoms with E-state index in [-0.39, 0.29) is 23.8 Å². The maximum Gasteiger partial charge on any atom is 0.224 e. The number of sulfone groups is 1. The monoisotopic (exact) mass is 294 g/mol. The molecule has 108 valence electrons. The minimum atomic E-state index is -3.03. The van der Waals surface area contributed by atoms with Gasteiger partial charge in [0.25, 0.3) is 0 Å². The normalized spacial score (nSPS) is 10.8. The van der Waals surface area contributed by atoms with Gasteiger partial charge < -0.3 is 5.32 Å². The van der Waals surface area contributed by atoms with Crippen LogP contribution in [0.4, 0.5) is 5.69 Å². The summed E-state index contributed by atoms with van der Waals surface area (Å²) in [5, 5.41) is 11.4. The SMILES string of the molecule is CCCS(=O)(=O)CCCC(=O)Nc1cccc(C#N)c1. The van der Waals surface area contributed by atoms with Crippen molar-refractivity contribution in [2.45, 2.75) is 26.2 Å². The first kappa shape index (κ1) is 16.2. The number of hydrogen-bond donors (Lipinski definition) is 1. The van der Waals surface area contributed by atoms with Crippen LogP contribution in [0.15, 0.2) is 24.3 Å². The molecule has 0 aliphatic rings. The number of nitriles is 1. The second-order valence-corrected chi connectivity index (χ2v) is 6.80. The summed E-state index contributed by atoms with van der Waals surface area (Å²) in [6.45, 7) is 1.81. The lowest BCUT2D eigenvalue weighted by atomic mass is 10.2. The summed E-state index contributed by atoms with van der Waals surface area (Å²) in [5.41, 5.74) is 1.01. The number of amides is 1.